The van der Waals surface area contributed by atoms with Crippen LogP contribution >= 0.6 is 0 Å². The zero-order valence-corrected chi connectivity index (χ0v) is 15.2. The predicted molar refractivity (Wildman–Crippen MR) is 89.5 cm³/mol. The van der Waals surface area contributed by atoms with Crippen molar-refractivity contribution >= 4 is 10.0 Å². The Morgan fingerprint density at radius 2 is 2.04 bits per heavy atom. The Kier molecular flexibility index (Phi) is 4.55. The molecule has 0 saturated carbocycles. The molecule has 0 aromatic carbocycles. The molecule has 0 aliphatic carbocycles. The molecule has 2 aliphatic rings. The zero-order chi connectivity index (χ0) is 16.7. The summed E-state index contributed by atoms with van der Waals surface area (Å²) in [6, 6.07) is 0. The molecule has 6 nitrogen and oxygen atoms in total. The summed E-state index contributed by atoms with van der Waals surface area (Å²) in [6.45, 7) is 9.03. The summed E-state index contributed by atoms with van der Waals surface area (Å²) in [6.07, 6.45) is 6.41. The van der Waals surface area contributed by atoms with Gasteiger partial charge in [-0.25, -0.2) is 13.4 Å². The first-order valence-corrected chi connectivity index (χ1v) is 9.95. The summed E-state index contributed by atoms with van der Waals surface area (Å²) in [5, 5.41) is 0.173. The smallest absolute Gasteiger partial charge is 0.262 e. The highest BCUT2D eigenvalue weighted by Gasteiger charge is 2.45. The standard InChI is InChI=1S/C16H28N4O2S/c1-14(2)9-19-7-4-5-16(11-19)6-8-20(12-16)23(21,22)15-10-18(3)13-17-15/h10,13-14H,4-9,11-12H2,1-3H3. The van der Waals surface area contributed by atoms with Crippen molar-refractivity contribution in [1.29, 1.82) is 0 Å². The molecule has 2 fully saturated rings. The van der Waals surface area contributed by atoms with Gasteiger partial charge in [0.05, 0.1) is 6.33 Å². The largest absolute Gasteiger partial charge is 0.339 e. The lowest BCUT2D eigenvalue weighted by molar-refractivity contribution is 0.0897. The van der Waals surface area contributed by atoms with Gasteiger partial charge in [-0.1, -0.05) is 13.8 Å². The van der Waals surface area contributed by atoms with Crippen LogP contribution in [0.2, 0.25) is 0 Å². The summed E-state index contributed by atoms with van der Waals surface area (Å²) in [4.78, 5) is 6.56. The third kappa shape index (κ3) is 3.46. The van der Waals surface area contributed by atoms with Crippen molar-refractivity contribution in [3.8, 4) is 0 Å². The van der Waals surface area contributed by atoms with Crippen LogP contribution in [0, 0.1) is 11.3 Å². The fraction of sp³-hybridized carbons (Fsp3) is 0.812. The second kappa shape index (κ2) is 6.18. The van der Waals surface area contributed by atoms with Crippen molar-refractivity contribution in [2.75, 3.05) is 32.7 Å². The van der Waals surface area contributed by atoms with Gasteiger partial charge in [-0.2, -0.15) is 4.31 Å². The summed E-state index contributed by atoms with van der Waals surface area (Å²) in [7, 11) is -1.66. The molecule has 0 radical (unpaired) electrons. The van der Waals surface area contributed by atoms with Crippen molar-refractivity contribution in [2.24, 2.45) is 18.4 Å². The highest BCUT2D eigenvalue weighted by atomic mass is 32.2. The van der Waals surface area contributed by atoms with E-state index in [1.54, 1.807) is 28.4 Å². The van der Waals surface area contributed by atoms with E-state index in [2.05, 4.69) is 23.7 Å². The minimum absolute atomic E-state index is 0.134. The Bertz CT molecular complexity index is 655. The first kappa shape index (κ1) is 16.9. The van der Waals surface area contributed by atoms with E-state index in [9.17, 15) is 8.42 Å². The number of aryl methyl sites for hydroxylation is 1. The van der Waals surface area contributed by atoms with E-state index in [1.165, 1.54) is 6.42 Å². The molecule has 2 aliphatic heterocycles. The first-order valence-electron chi connectivity index (χ1n) is 8.51. The van der Waals surface area contributed by atoms with E-state index in [-0.39, 0.29) is 10.4 Å². The molecule has 2 saturated heterocycles. The van der Waals surface area contributed by atoms with E-state index in [0.29, 0.717) is 19.0 Å². The van der Waals surface area contributed by atoms with Crippen LogP contribution in [0.4, 0.5) is 0 Å². The van der Waals surface area contributed by atoms with Crippen LogP contribution in [0.15, 0.2) is 17.6 Å². The molecule has 0 bridgehead atoms. The number of imidazole rings is 1. The lowest BCUT2D eigenvalue weighted by Crippen LogP contribution is -2.46. The van der Waals surface area contributed by atoms with Crippen LogP contribution in [-0.4, -0.2) is 59.9 Å². The number of hydrogen-bond donors (Lipinski definition) is 0. The highest BCUT2D eigenvalue weighted by molar-refractivity contribution is 7.89. The topological polar surface area (TPSA) is 58.4 Å². The number of hydrogen-bond acceptors (Lipinski definition) is 4. The first-order chi connectivity index (χ1) is 10.8. The zero-order valence-electron chi connectivity index (χ0n) is 14.4. The summed E-state index contributed by atoms with van der Waals surface area (Å²) in [5.74, 6) is 0.653. The van der Waals surface area contributed by atoms with Crippen LogP contribution in [0.5, 0.6) is 0 Å². The van der Waals surface area contributed by atoms with Crippen LogP contribution < -0.4 is 0 Å². The van der Waals surface area contributed by atoms with Crippen molar-refractivity contribution < 1.29 is 8.42 Å². The Hall–Kier alpha value is -0.920. The minimum Gasteiger partial charge on any atom is -0.339 e. The number of piperidine rings is 1. The quantitative estimate of drug-likeness (QED) is 0.834. The molecule has 3 heterocycles. The second-order valence-electron chi connectivity index (χ2n) is 7.70. The molecular weight excluding hydrogens is 312 g/mol. The Balaban J connectivity index is 1.72. The van der Waals surface area contributed by atoms with Crippen molar-refractivity contribution in [2.45, 2.75) is 38.1 Å². The maximum Gasteiger partial charge on any atom is 0.262 e. The normalized spacial score (nSPS) is 27.3. The molecule has 1 atom stereocenters. The molecule has 130 valence electrons. The fourth-order valence-corrected chi connectivity index (χ4v) is 5.59. The second-order valence-corrected chi connectivity index (χ2v) is 9.58. The van der Waals surface area contributed by atoms with Crippen molar-refractivity contribution in [3.63, 3.8) is 0 Å². The average Bonchev–Trinajstić information content (AvgIpc) is 3.06. The molecule has 0 N–H and O–H groups in total. The van der Waals surface area contributed by atoms with Crippen LogP contribution in [-0.2, 0) is 17.1 Å². The average molecular weight is 340 g/mol. The Morgan fingerprint density at radius 1 is 1.26 bits per heavy atom. The van der Waals surface area contributed by atoms with E-state index >= 15 is 0 Å². The third-order valence-corrected chi connectivity index (χ3v) is 6.78. The monoisotopic (exact) mass is 340 g/mol. The van der Waals surface area contributed by atoms with Gasteiger partial charge < -0.3 is 9.47 Å². The maximum atomic E-state index is 12.8. The van der Waals surface area contributed by atoms with Gasteiger partial charge in [0.15, 0.2) is 5.03 Å². The van der Waals surface area contributed by atoms with Gasteiger partial charge in [-0.05, 0) is 37.1 Å². The van der Waals surface area contributed by atoms with Crippen LogP contribution in [0.25, 0.3) is 0 Å². The van der Waals surface area contributed by atoms with Gasteiger partial charge in [0, 0.05) is 39.4 Å². The number of aromatic nitrogens is 2. The Labute approximate surface area is 139 Å². The van der Waals surface area contributed by atoms with Gasteiger partial charge in [0.1, 0.15) is 0 Å². The predicted octanol–water partition coefficient (Wildman–Crippen LogP) is 1.55. The summed E-state index contributed by atoms with van der Waals surface area (Å²) < 4.78 is 28.9. The van der Waals surface area contributed by atoms with Gasteiger partial charge in [0.2, 0.25) is 0 Å². The number of sulfonamides is 1. The summed E-state index contributed by atoms with van der Waals surface area (Å²) >= 11 is 0. The van der Waals surface area contributed by atoms with E-state index in [0.717, 1.165) is 32.5 Å². The molecular formula is C16H28N4O2S. The Morgan fingerprint density at radius 3 is 2.70 bits per heavy atom. The number of likely N-dealkylation sites (tertiary alicyclic amines) is 1. The van der Waals surface area contributed by atoms with Crippen molar-refractivity contribution in [1.82, 2.24) is 18.8 Å². The van der Waals surface area contributed by atoms with E-state index in [4.69, 9.17) is 0 Å². The highest BCUT2D eigenvalue weighted by Crippen LogP contribution is 2.40. The molecule has 1 aromatic rings. The molecule has 0 amide bonds. The maximum absolute atomic E-state index is 12.8. The van der Waals surface area contributed by atoms with Crippen LogP contribution in [0.1, 0.15) is 33.1 Å². The van der Waals surface area contributed by atoms with Gasteiger partial charge in [-0.15, -0.1) is 0 Å². The molecule has 7 heteroatoms. The van der Waals surface area contributed by atoms with Crippen LogP contribution in [0.3, 0.4) is 0 Å². The van der Waals surface area contributed by atoms with Gasteiger partial charge in [-0.3, -0.25) is 0 Å². The molecule has 1 aromatic heterocycles. The van der Waals surface area contributed by atoms with Gasteiger partial charge in [0.25, 0.3) is 10.0 Å². The number of nitrogens with zero attached hydrogens (tertiary/aromatic N) is 4. The van der Waals surface area contributed by atoms with Crippen molar-refractivity contribution in [3.05, 3.63) is 12.5 Å². The van der Waals surface area contributed by atoms with E-state index < -0.39 is 10.0 Å². The lowest BCUT2D eigenvalue weighted by atomic mass is 9.79. The summed E-state index contributed by atoms with van der Waals surface area (Å²) in [5.41, 5.74) is 0.134. The SMILES string of the molecule is CC(C)CN1CCCC2(CCN(S(=O)(=O)c3cn(C)cn3)C2)C1. The number of rotatable bonds is 4. The fourth-order valence-electron chi connectivity index (χ4n) is 4.07. The molecule has 1 unspecified atom stereocenters. The minimum atomic E-state index is -3.45. The molecule has 3 rings (SSSR count). The molecule has 1 spiro atoms. The van der Waals surface area contributed by atoms with Gasteiger partial charge >= 0.3 is 0 Å². The molecule has 23 heavy (non-hydrogen) atoms. The lowest BCUT2D eigenvalue weighted by Gasteiger charge is -2.41. The third-order valence-electron chi connectivity index (χ3n) is 5.05. The van der Waals surface area contributed by atoms with E-state index in [1.807, 2.05) is 0 Å².